The van der Waals surface area contributed by atoms with E-state index in [2.05, 4.69) is 10.3 Å². The monoisotopic (exact) mass is 497 g/mol. The highest BCUT2D eigenvalue weighted by Crippen LogP contribution is 2.59. The summed E-state index contributed by atoms with van der Waals surface area (Å²) < 4.78 is 11.7. The van der Waals surface area contributed by atoms with Crippen LogP contribution in [0.1, 0.15) is 54.2 Å². The lowest BCUT2D eigenvalue weighted by atomic mass is 9.83. The van der Waals surface area contributed by atoms with Gasteiger partial charge in [0.1, 0.15) is 17.2 Å². The molecule has 1 aliphatic heterocycles. The second kappa shape index (κ2) is 7.91. The summed E-state index contributed by atoms with van der Waals surface area (Å²) in [6.45, 7) is 4.08. The number of rotatable bonds is 4. The van der Waals surface area contributed by atoms with E-state index in [-0.39, 0.29) is 22.8 Å². The number of hydrogen-bond donors (Lipinski definition) is 3. The number of fused-ring (bicyclic) bond motifs is 6. The Morgan fingerprint density at radius 1 is 1.22 bits per heavy atom. The first-order valence-electron chi connectivity index (χ1n) is 12.3. The minimum Gasteiger partial charge on any atom is -0.496 e. The van der Waals surface area contributed by atoms with Gasteiger partial charge in [0.2, 0.25) is 11.3 Å². The van der Waals surface area contributed by atoms with Crippen molar-refractivity contribution in [1.82, 2.24) is 10.3 Å². The first-order valence-corrected chi connectivity index (χ1v) is 12.3. The molecule has 3 aromatic rings. The summed E-state index contributed by atoms with van der Waals surface area (Å²) in [6.07, 6.45) is 2.79. The van der Waals surface area contributed by atoms with E-state index in [1.807, 2.05) is 44.2 Å². The number of allylic oxidation sites excluding steroid dienone is 2. The molecule has 8 nitrogen and oxygen atoms in total. The number of para-hydroxylation sites is 1. The van der Waals surface area contributed by atoms with Crippen LogP contribution in [0.4, 0.5) is 0 Å². The first kappa shape index (κ1) is 23.2. The standard InChI is InChI=1S/C29H27N3O5/c1-15(2)16-11-12-18-24(13-16)37-29(35)19-8-6-9-20(30)25(19)26(33)28(18,29)32-27(34)22-14-23(36-3)17-7-4-5-10-21(17)31-22/h4-5,7-8,10-15,35H,6,9,30H2,1-3H3,(H,32,34). The van der Waals surface area contributed by atoms with Gasteiger partial charge in [0.05, 0.1) is 12.6 Å². The Labute approximate surface area is 213 Å². The highest BCUT2D eigenvalue weighted by atomic mass is 16.6. The predicted octanol–water partition coefficient (Wildman–Crippen LogP) is 3.59. The van der Waals surface area contributed by atoms with E-state index in [1.165, 1.54) is 13.2 Å². The van der Waals surface area contributed by atoms with Crippen LogP contribution < -0.4 is 20.5 Å². The maximum Gasteiger partial charge on any atom is 0.271 e. The van der Waals surface area contributed by atoms with Crippen LogP contribution in [0.25, 0.3) is 10.9 Å². The Morgan fingerprint density at radius 3 is 2.76 bits per heavy atom. The SMILES string of the molecule is COc1cc(C(=O)NC23C(=O)C4=C(N)CCC=C4C2(O)Oc2cc(C(C)C)ccc23)nc2ccccc12. The number of ketones is 1. The summed E-state index contributed by atoms with van der Waals surface area (Å²) in [5.74, 6) is -2.31. The first-order chi connectivity index (χ1) is 17.7. The van der Waals surface area contributed by atoms with Crippen molar-refractivity contribution < 1.29 is 24.2 Å². The number of nitrogens with one attached hydrogen (secondary N) is 1. The Kier molecular flexibility index (Phi) is 4.97. The molecule has 188 valence electrons. The van der Waals surface area contributed by atoms with Crippen molar-refractivity contribution in [3.8, 4) is 11.5 Å². The van der Waals surface area contributed by atoms with Gasteiger partial charge in [-0.2, -0.15) is 0 Å². The Morgan fingerprint density at radius 2 is 2.00 bits per heavy atom. The number of pyridine rings is 1. The lowest BCUT2D eigenvalue weighted by Crippen LogP contribution is -2.62. The third kappa shape index (κ3) is 3.02. The second-order valence-electron chi connectivity index (χ2n) is 9.97. The van der Waals surface area contributed by atoms with E-state index in [0.717, 1.165) is 10.9 Å². The molecule has 0 saturated heterocycles. The number of nitrogens with zero attached hydrogens (tertiary/aromatic N) is 1. The van der Waals surface area contributed by atoms with E-state index in [1.54, 1.807) is 18.2 Å². The van der Waals surface area contributed by atoms with Gasteiger partial charge in [0.25, 0.3) is 11.7 Å². The molecule has 2 heterocycles. The quantitative estimate of drug-likeness (QED) is 0.503. The number of methoxy groups -OCH3 is 1. The number of aliphatic hydroxyl groups is 1. The van der Waals surface area contributed by atoms with Crippen molar-refractivity contribution in [2.75, 3.05) is 7.11 Å². The topological polar surface area (TPSA) is 124 Å². The zero-order valence-corrected chi connectivity index (χ0v) is 20.8. The smallest absolute Gasteiger partial charge is 0.271 e. The van der Waals surface area contributed by atoms with Crippen molar-refractivity contribution in [1.29, 1.82) is 0 Å². The molecule has 2 aromatic carbocycles. The number of Topliss-reactive ketones (excluding diaryl/α,β-unsaturated/α-hetero) is 1. The number of aromatic nitrogens is 1. The minimum atomic E-state index is -2.15. The highest BCUT2D eigenvalue weighted by Gasteiger charge is 2.74. The fourth-order valence-corrected chi connectivity index (χ4v) is 5.65. The van der Waals surface area contributed by atoms with Crippen LogP contribution in [0.15, 0.2) is 71.5 Å². The predicted molar refractivity (Wildman–Crippen MR) is 137 cm³/mol. The fraction of sp³-hybridized carbons (Fsp3) is 0.276. The van der Waals surface area contributed by atoms with E-state index >= 15 is 0 Å². The molecule has 3 aliphatic rings. The summed E-state index contributed by atoms with van der Waals surface area (Å²) in [6, 6.07) is 14.2. The Hall–Kier alpha value is -4.17. The number of ether oxygens (including phenoxy) is 2. The molecule has 2 atom stereocenters. The van der Waals surface area contributed by atoms with Crippen molar-refractivity contribution in [2.45, 2.75) is 43.9 Å². The summed E-state index contributed by atoms with van der Waals surface area (Å²) in [5, 5.41) is 15.7. The maximum atomic E-state index is 14.2. The van der Waals surface area contributed by atoms with Crippen LogP contribution in [-0.2, 0) is 10.3 Å². The van der Waals surface area contributed by atoms with E-state index in [4.69, 9.17) is 15.2 Å². The molecule has 1 amide bonds. The molecular formula is C29H27N3O5. The second-order valence-corrected chi connectivity index (χ2v) is 9.97. The van der Waals surface area contributed by atoms with Crippen LogP contribution >= 0.6 is 0 Å². The molecule has 1 aromatic heterocycles. The van der Waals surface area contributed by atoms with Crippen molar-refractivity contribution in [3.63, 3.8) is 0 Å². The molecule has 4 N–H and O–H groups in total. The zero-order valence-electron chi connectivity index (χ0n) is 20.8. The molecule has 8 heteroatoms. The number of benzene rings is 2. The molecule has 1 saturated carbocycles. The van der Waals surface area contributed by atoms with Gasteiger partial charge in [-0.3, -0.25) is 9.59 Å². The molecule has 0 bridgehead atoms. The van der Waals surface area contributed by atoms with E-state index in [0.29, 0.717) is 41.1 Å². The van der Waals surface area contributed by atoms with Crippen molar-refractivity contribution in [2.24, 2.45) is 5.73 Å². The molecule has 1 fully saturated rings. The maximum absolute atomic E-state index is 14.2. The molecule has 2 unspecified atom stereocenters. The van der Waals surface area contributed by atoms with E-state index in [9.17, 15) is 14.7 Å². The molecule has 2 aliphatic carbocycles. The van der Waals surface area contributed by atoms with Gasteiger partial charge in [0, 0.05) is 33.9 Å². The van der Waals surface area contributed by atoms with Crippen LogP contribution in [0, 0.1) is 0 Å². The zero-order chi connectivity index (χ0) is 26.1. The Balaban J connectivity index is 1.54. The molecule has 0 radical (unpaired) electrons. The fourth-order valence-electron chi connectivity index (χ4n) is 5.65. The lowest BCUT2D eigenvalue weighted by Gasteiger charge is -2.34. The van der Waals surface area contributed by atoms with Gasteiger partial charge in [-0.25, -0.2) is 4.98 Å². The van der Waals surface area contributed by atoms with Gasteiger partial charge in [-0.15, -0.1) is 0 Å². The summed E-state index contributed by atoms with van der Waals surface area (Å²) in [5.41, 5.74) is 7.15. The van der Waals surface area contributed by atoms with Crippen LogP contribution in [-0.4, -0.2) is 34.7 Å². The average molecular weight is 498 g/mol. The summed E-state index contributed by atoms with van der Waals surface area (Å²) in [7, 11) is 1.52. The molecule has 37 heavy (non-hydrogen) atoms. The number of nitrogens with two attached hydrogens (primary N) is 1. The van der Waals surface area contributed by atoms with Gasteiger partial charge < -0.3 is 25.6 Å². The van der Waals surface area contributed by atoms with Gasteiger partial charge in [-0.1, -0.05) is 44.2 Å². The van der Waals surface area contributed by atoms with Crippen molar-refractivity contribution >= 4 is 22.6 Å². The van der Waals surface area contributed by atoms with Gasteiger partial charge in [-0.05, 0) is 42.5 Å². The summed E-state index contributed by atoms with van der Waals surface area (Å²) in [4.78, 5) is 32.5. The van der Waals surface area contributed by atoms with Gasteiger partial charge >= 0.3 is 0 Å². The average Bonchev–Trinajstić information content (AvgIpc) is 3.25. The Bertz CT molecular complexity index is 1570. The van der Waals surface area contributed by atoms with Crippen LogP contribution in [0.3, 0.4) is 0 Å². The molecule has 6 rings (SSSR count). The number of amides is 1. The molecule has 0 spiro atoms. The third-order valence-corrected chi connectivity index (χ3v) is 7.56. The summed E-state index contributed by atoms with van der Waals surface area (Å²) >= 11 is 0. The van der Waals surface area contributed by atoms with E-state index < -0.39 is 23.0 Å². The third-order valence-electron chi connectivity index (χ3n) is 7.56. The van der Waals surface area contributed by atoms with Crippen LogP contribution in [0.2, 0.25) is 0 Å². The normalized spacial score (nSPS) is 23.9. The lowest BCUT2D eigenvalue weighted by molar-refractivity contribution is -0.152. The largest absolute Gasteiger partial charge is 0.496 e. The number of carbonyl (C=O) groups is 2. The number of hydrogen-bond acceptors (Lipinski definition) is 7. The van der Waals surface area contributed by atoms with Crippen LogP contribution in [0.5, 0.6) is 11.5 Å². The highest BCUT2D eigenvalue weighted by molar-refractivity contribution is 6.16. The number of carbonyl (C=O) groups excluding carboxylic acids is 2. The molecular weight excluding hydrogens is 470 g/mol. The minimum absolute atomic E-state index is 0.0399. The van der Waals surface area contributed by atoms with Crippen molar-refractivity contribution in [3.05, 3.63) is 88.3 Å². The van der Waals surface area contributed by atoms with Gasteiger partial charge in [0.15, 0.2) is 0 Å².